The average Bonchev–Trinajstić information content (AvgIpc) is 3.06. The molecule has 3 heteroatoms. The molecule has 0 saturated heterocycles. The monoisotopic (exact) mass is 256 g/mol. The molecular formula is C15H16N2S. The molecule has 0 unspecified atom stereocenters. The highest BCUT2D eigenvalue weighted by Gasteiger charge is 2.07. The number of benzene rings is 1. The van der Waals surface area contributed by atoms with Crippen molar-refractivity contribution in [1.82, 2.24) is 10.3 Å². The summed E-state index contributed by atoms with van der Waals surface area (Å²) in [5, 5.41) is 7.00. The van der Waals surface area contributed by atoms with Crippen LogP contribution in [0, 0.1) is 0 Å². The Kier molecular flexibility index (Phi) is 3.17. The van der Waals surface area contributed by atoms with Crippen LogP contribution in [0.3, 0.4) is 0 Å². The van der Waals surface area contributed by atoms with Gasteiger partial charge in [-0.05, 0) is 30.0 Å². The van der Waals surface area contributed by atoms with E-state index in [2.05, 4.69) is 65.2 Å². The predicted molar refractivity (Wildman–Crippen MR) is 77.9 cm³/mol. The molecule has 0 aliphatic rings. The molecule has 0 bridgehead atoms. The number of para-hydroxylation sites is 1. The fourth-order valence-electron chi connectivity index (χ4n) is 2.18. The molecule has 0 saturated carbocycles. The van der Waals surface area contributed by atoms with Gasteiger partial charge in [-0.2, -0.15) is 0 Å². The van der Waals surface area contributed by atoms with E-state index in [0.29, 0.717) is 6.04 Å². The first kappa shape index (κ1) is 11.5. The van der Waals surface area contributed by atoms with Gasteiger partial charge in [0.15, 0.2) is 0 Å². The molecular weight excluding hydrogens is 240 g/mol. The van der Waals surface area contributed by atoms with Crippen molar-refractivity contribution in [2.75, 3.05) is 0 Å². The van der Waals surface area contributed by atoms with E-state index < -0.39 is 0 Å². The minimum absolute atomic E-state index is 0.402. The van der Waals surface area contributed by atoms with Crippen LogP contribution in [0.15, 0.2) is 48.0 Å². The van der Waals surface area contributed by atoms with Gasteiger partial charge in [0.1, 0.15) is 0 Å². The molecule has 0 amide bonds. The summed E-state index contributed by atoms with van der Waals surface area (Å²) in [5.74, 6) is 0. The number of aromatic amines is 1. The summed E-state index contributed by atoms with van der Waals surface area (Å²) < 4.78 is 0. The molecule has 1 aromatic carbocycles. The maximum Gasteiger partial charge on any atom is 0.0457 e. The lowest BCUT2D eigenvalue weighted by Crippen LogP contribution is -2.16. The van der Waals surface area contributed by atoms with Crippen molar-refractivity contribution in [2.24, 2.45) is 0 Å². The van der Waals surface area contributed by atoms with Crippen molar-refractivity contribution in [3.05, 3.63) is 58.4 Å². The molecule has 18 heavy (non-hydrogen) atoms. The van der Waals surface area contributed by atoms with Crippen molar-refractivity contribution < 1.29 is 0 Å². The molecule has 92 valence electrons. The summed E-state index contributed by atoms with van der Waals surface area (Å²) in [6.45, 7) is 3.10. The SMILES string of the molecule is C[C@@H](NCc1c[nH]c2ccccc12)c1cccs1. The third-order valence-corrected chi connectivity index (χ3v) is 4.30. The zero-order valence-electron chi connectivity index (χ0n) is 10.3. The molecule has 2 heterocycles. The van der Waals surface area contributed by atoms with Gasteiger partial charge >= 0.3 is 0 Å². The molecule has 1 atom stereocenters. The van der Waals surface area contributed by atoms with Gasteiger partial charge in [-0.15, -0.1) is 11.3 Å². The van der Waals surface area contributed by atoms with E-state index in [-0.39, 0.29) is 0 Å². The van der Waals surface area contributed by atoms with Crippen molar-refractivity contribution in [1.29, 1.82) is 0 Å². The smallest absolute Gasteiger partial charge is 0.0457 e. The van der Waals surface area contributed by atoms with E-state index in [1.165, 1.54) is 21.3 Å². The van der Waals surface area contributed by atoms with Crippen LogP contribution in [-0.2, 0) is 6.54 Å². The number of aromatic nitrogens is 1. The Morgan fingerprint density at radius 3 is 2.94 bits per heavy atom. The molecule has 0 aliphatic carbocycles. The first-order valence-electron chi connectivity index (χ1n) is 6.16. The van der Waals surface area contributed by atoms with Gasteiger partial charge in [-0.25, -0.2) is 0 Å². The second kappa shape index (κ2) is 4.96. The van der Waals surface area contributed by atoms with Crippen LogP contribution in [0.1, 0.15) is 23.4 Å². The van der Waals surface area contributed by atoms with Gasteiger partial charge in [0.2, 0.25) is 0 Å². The summed E-state index contributed by atoms with van der Waals surface area (Å²) in [5.41, 5.74) is 2.53. The lowest BCUT2D eigenvalue weighted by atomic mass is 10.1. The van der Waals surface area contributed by atoms with Crippen LogP contribution in [0.2, 0.25) is 0 Å². The van der Waals surface area contributed by atoms with Gasteiger partial charge < -0.3 is 10.3 Å². The van der Waals surface area contributed by atoms with Crippen LogP contribution >= 0.6 is 11.3 Å². The maximum absolute atomic E-state index is 3.57. The molecule has 0 aliphatic heterocycles. The highest BCUT2D eigenvalue weighted by atomic mass is 32.1. The van der Waals surface area contributed by atoms with Crippen LogP contribution in [0.25, 0.3) is 10.9 Å². The van der Waals surface area contributed by atoms with Gasteiger partial charge in [0.25, 0.3) is 0 Å². The van der Waals surface area contributed by atoms with Crippen molar-refractivity contribution in [3.63, 3.8) is 0 Å². The van der Waals surface area contributed by atoms with E-state index in [0.717, 1.165) is 6.54 Å². The largest absolute Gasteiger partial charge is 0.361 e. The number of hydrogen-bond donors (Lipinski definition) is 2. The van der Waals surface area contributed by atoms with E-state index >= 15 is 0 Å². The summed E-state index contributed by atoms with van der Waals surface area (Å²) in [6.07, 6.45) is 2.10. The van der Waals surface area contributed by atoms with Crippen molar-refractivity contribution in [3.8, 4) is 0 Å². The van der Waals surface area contributed by atoms with Gasteiger partial charge in [-0.1, -0.05) is 24.3 Å². The maximum atomic E-state index is 3.57. The molecule has 0 radical (unpaired) electrons. The Hall–Kier alpha value is -1.58. The van der Waals surface area contributed by atoms with Gasteiger partial charge in [0.05, 0.1) is 0 Å². The van der Waals surface area contributed by atoms with E-state index in [1.54, 1.807) is 11.3 Å². The molecule has 3 aromatic rings. The third kappa shape index (κ3) is 2.19. The number of hydrogen-bond acceptors (Lipinski definition) is 2. The number of thiophene rings is 1. The first-order valence-corrected chi connectivity index (χ1v) is 7.04. The topological polar surface area (TPSA) is 27.8 Å². The van der Waals surface area contributed by atoms with Crippen LogP contribution in [0.4, 0.5) is 0 Å². The normalized spacial score (nSPS) is 12.9. The summed E-state index contributed by atoms with van der Waals surface area (Å²) in [4.78, 5) is 4.69. The Labute approximate surface area is 111 Å². The fourth-order valence-corrected chi connectivity index (χ4v) is 2.94. The summed E-state index contributed by atoms with van der Waals surface area (Å²) in [6, 6.07) is 13.1. The molecule has 2 nitrogen and oxygen atoms in total. The zero-order valence-corrected chi connectivity index (χ0v) is 11.1. The molecule has 2 N–H and O–H groups in total. The second-order valence-electron chi connectivity index (χ2n) is 4.48. The predicted octanol–water partition coefficient (Wildman–Crippen LogP) is 4.08. The van der Waals surface area contributed by atoms with Crippen LogP contribution in [-0.4, -0.2) is 4.98 Å². The summed E-state index contributed by atoms with van der Waals surface area (Å²) >= 11 is 1.80. The number of fused-ring (bicyclic) bond motifs is 1. The number of nitrogens with one attached hydrogen (secondary N) is 2. The van der Waals surface area contributed by atoms with E-state index in [9.17, 15) is 0 Å². The number of rotatable bonds is 4. The second-order valence-corrected chi connectivity index (χ2v) is 5.46. The quantitative estimate of drug-likeness (QED) is 0.723. The number of H-pyrrole nitrogens is 1. The molecule has 0 spiro atoms. The molecule has 2 aromatic heterocycles. The Morgan fingerprint density at radius 2 is 2.11 bits per heavy atom. The lowest BCUT2D eigenvalue weighted by molar-refractivity contribution is 0.585. The Morgan fingerprint density at radius 1 is 1.22 bits per heavy atom. The van der Waals surface area contributed by atoms with Crippen LogP contribution < -0.4 is 5.32 Å². The van der Waals surface area contributed by atoms with E-state index in [4.69, 9.17) is 0 Å². The van der Waals surface area contributed by atoms with Gasteiger partial charge in [0, 0.05) is 34.6 Å². The lowest BCUT2D eigenvalue weighted by Gasteiger charge is -2.11. The highest BCUT2D eigenvalue weighted by molar-refractivity contribution is 7.10. The molecule has 0 fully saturated rings. The first-order chi connectivity index (χ1) is 8.84. The van der Waals surface area contributed by atoms with Crippen molar-refractivity contribution in [2.45, 2.75) is 19.5 Å². The van der Waals surface area contributed by atoms with Gasteiger partial charge in [-0.3, -0.25) is 0 Å². The summed E-state index contributed by atoms with van der Waals surface area (Å²) in [7, 11) is 0. The van der Waals surface area contributed by atoms with Crippen molar-refractivity contribution >= 4 is 22.2 Å². The Balaban J connectivity index is 1.73. The minimum atomic E-state index is 0.402. The standard InChI is InChI=1S/C15H16N2S/c1-11(15-7-4-8-18-15)16-9-12-10-17-14-6-3-2-5-13(12)14/h2-8,10-11,16-17H,9H2,1H3/t11-/m1/s1. The minimum Gasteiger partial charge on any atom is -0.361 e. The fraction of sp³-hybridized carbons (Fsp3) is 0.200. The van der Waals surface area contributed by atoms with Crippen LogP contribution in [0.5, 0.6) is 0 Å². The highest BCUT2D eigenvalue weighted by Crippen LogP contribution is 2.21. The van der Waals surface area contributed by atoms with E-state index in [1.807, 2.05) is 0 Å². The molecule has 3 rings (SSSR count). The third-order valence-electron chi connectivity index (χ3n) is 3.24. The average molecular weight is 256 g/mol. The Bertz CT molecular complexity index is 625. The zero-order chi connectivity index (χ0) is 12.4.